The highest BCUT2D eigenvalue weighted by molar-refractivity contribution is 6.35. The average Bonchev–Trinajstić information content (AvgIpc) is 2.59. The molecule has 126 valence electrons. The standard InChI is InChI=1S/C18H16Cl2O4/c1-22-13-7-8-17(23-2)12(10-13)6-9-18(21)24-11-14-15(19)4-3-5-16(14)20/h3-10H,11H2,1-2H3/b9-6+. The highest BCUT2D eigenvalue weighted by atomic mass is 35.5. The van der Waals surface area contributed by atoms with Gasteiger partial charge in [-0.05, 0) is 36.4 Å². The van der Waals surface area contributed by atoms with E-state index < -0.39 is 5.97 Å². The van der Waals surface area contributed by atoms with E-state index in [1.807, 2.05) is 0 Å². The smallest absolute Gasteiger partial charge is 0.331 e. The highest BCUT2D eigenvalue weighted by Crippen LogP contribution is 2.26. The molecule has 0 radical (unpaired) electrons. The van der Waals surface area contributed by atoms with Gasteiger partial charge in [-0.1, -0.05) is 29.3 Å². The van der Waals surface area contributed by atoms with Crippen LogP contribution >= 0.6 is 23.2 Å². The van der Waals surface area contributed by atoms with Crippen LogP contribution in [0.3, 0.4) is 0 Å². The number of carbonyl (C=O) groups is 1. The second kappa shape index (κ2) is 8.62. The van der Waals surface area contributed by atoms with Gasteiger partial charge in [0.25, 0.3) is 0 Å². The molecule has 0 fully saturated rings. The van der Waals surface area contributed by atoms with Crippen LogP contribution in [-0.2, 0) is 16.1 Å². The molecule has 2 aromatic rings. The second-order valence-electron chi connectivity index (χ2n) is 4.75. The quantitative estimate of drug-likeness (QED) is 0.545. The van der Waals surface area contributed by atoms with Crippen LogP contribution in [0.5, 0.6) is 11.5 Å². The van der Waals surface area contributed by atoms with Crippen LogP contribution in [0.4, 0.5) is 0 Å². The summed E-state index contributed by atoms with van der Waals surface area (Å²) in [4.78, 5) is 11.9. The third-order valence-electron chi connectivity index (χ3n) is 3.26. The molecule has 2 aromatic carbocycles. The van der Waals surface area contributed by atoms with Gasteiger partial charge in [0.2, 0.25) is 0 Å². The van der Waals surface area contributed by atoms with Crippen LogP contribution in [-0.4, -0.2) is 20.2 Å². The molecule has 0 heterocycles. The van der Waals surface area contributed by atoms with Gasteiger partial charge in [0.1, 0.15) is 18.1 Å². The van der Waals surface area contributed by atoms with E-state index in [1.165, 1.54) is 6.08 Å². The van der Waals surface area contributed by atoms with Gasteiger partial charge in [0, 0.05) is 27.2 Å². The Morgan fingerprint density at radius 2 is 1.79 bits per heavy atom. The van der Waals surface area contributed by atoms with Crippen LogP contribution in [0.15, 0.2) is 42.5 Å². The topological polar surface area (TPSA) is 44.8 Å². The number of carbonyl (C=O) groups excluding carboxylic acids is 1. The minimum Gasteiger partial charge on any atom is -0.497 e. The lowest BCUT2D eigenvalue weighted by atomic mass is 10.1. The van der Waals surface area contributed by atoms with Crippen molar-refractivity contribution in [3.63, 3.8) is 0 Å². The van der Waals surface area contributed by atoms with E-state index in [0.29, 0.717) is 32.7 Å². The molecule has 0 atom stereocenters. The maximum atomic E-state index is 11.9. The van der Waals surface area contributed by atoms with Gasteiger partial charge in [-0.2, -0.15) is 0 Å². The molecule has 0 aliphatic rings. The molecular formula is C18H16Cl2O4. The van der Waals surface area contributed by atoms with Gasteiger partial charge in [0.05, 0.1) is 14.2 Å². The van der Waals surface area contributed by atoms with Crippen LogP contribution in [0, 0.1) is 0 Å². The number of rotatable bonds is 6. The normalized spacial score (nSPS) is 10.7. The summed E-state index contributed by atoms with van der Waals surface area (Å²) in [5.41, 5.74) is 1.27. The van der Waals surface area contributed by atoms with Crippen LogP contribution in [0.25, 0.3) is 6.08 Å². The van der Waals surface area contributed by atoms with Gasteiger partial charge in [-0.3, -0.25) is 0 Å². The summed E-state index contributed by atoms with van der Waals surface area (Å²) in [6.45, 7) is -0.00305. The second-order valence-corrected chi connectivity index (χ2v) is 5.56. The average molecular weight is 367 g/mol. The molecule has 2 rings (SSSR count). The Morgan fingerprint density at radius 1 is 1.08 bits per heavy atom. The Kier molecular flexibility index (Phi) is 6.53. The summed E-state index contributed by atoms with van der Waals surface area (Å²) in [6, 6.07) is 10.4. The Morgan fingerprint density at radius 3 is 2.42 bits per heavy atom. The molecule has 4 nitrogen and oxygen atoms in total. The fraction of sp³-hybridized carbons (Fsp3) is 0.167. The Labute approximate surface area is 150 Å². The molecule has 0 aliphatic carbocycles. The first-order valence-corrected chi connectivity index (χ1v) is 7.80. The number of ether oxygens (including phenoxy) is 3. The Bertz CT molecular complexity index is 736. The molecule has 0 bridgehead atoms. The Balaban J connectivity index is 2.06. The fourth-order valence-electron chi connectivity index (χ4n) is 1.99. The first-order valence-electron chi connectivity index (χ1n) is 7.05. The van der Waals surface area contributed by atoms with E-state index in [0.717, 1.165) is 0 Å². The zero-order valence-corrected chi connectivity index (χ0v) is 14.7. The number of hydrogen-bond acceptors (Lipinski definition) is 4. The zero-order chi connectivity index (χ0) is 17.5. The van der Waals surface area contributed by atoms with Crippen LogP contribution in [0.2, 0.25) is 10.0 Å². The van der Waals surface area contributed by atoms with Gasteiger partial charge < -0.3 is 14.2 Å². The molecule has 0 saturated carbocycles. The van der Waals surface area contributed by atoms with Crippen molar-refractivity contribution in [1.82, 2.24) is 0 Å². The first-order chi connectivity index (χ1) is 11.5. The molecule has 0 spiro atoms. The van der Waals surface area contributed by atoms with Crippen LogP contribution in [0.1, 0.15) is 11.1 Å². The van der Waals surface area contributed by atoms with Crippen molar-refractivity contribution < 1.29 is 19.0 Å². The first kappa shape index (κ1) is 18.2. The monoisotopic (exact) mass is 366 g/mol. The van der Waals surface area contributed by atoms with Gasteiger partial charge in [-0.15, -0.1) is 0 Å². The largest absolute Gasteiger partial charge is 0.497 e. The van der Waals surface area contributed by atoms with E-state index in [2.05, 4.69) is 0 Å². The van der Waals surface area contributed by atoms with Crippen molar-refractivity contribution in [2.24, 2.45) is 0 Å². The van der Waals surface area contributed by atoms with Crippen molar-refractivity contribution in [2.75, 3.05) is 14.2 Å². The summed E-state index contributed by atoms with van der Waals surface area (Å²) in [6.07, 6.45) is 2.90. The van der Waals surface area contributed by atoms with Crippen LogP contribution < -0.4 is 9.47 Å². The molecule has 0 saturated heterocycles. The van der Waals surface area contributed by atoms with E-state index in [1.54, 1.807) is 56.7 Å². The van der Waals surface area contributed by atoms with Crippen molar-refractivity contribution in [3.05, 3.63) is 63.6 Å². The maximum absolute atomic E-state index is 11.9. The minimum absolute atomic E-state index is 0.00305. The summed E-state index contributed by atoms with van der Waals surface area (Å²) in [7, 11) is 3.12. The van der Waals surface area contributed by atoms with Gasteiger partial charge in [0.15, 0.2) is 0 Å². The Hall–Kier alpha value is -2.17. The summed E-state index contributed by atoms with van der Waals surface area (Å²) in [5, 5.41) is 0.905. The maximum Gasteiger partial charge on any atom is 0.331 e. The number of halogens is 2. The number of benzene rings is 2. The van der Waals surface area contributed by atoms with E-state index in [-0.39, 0.29) is 6.61 Å². The number of hydrogen-bond donors (Lipinski definition) is 0. The minimum atomic E-state index is -0.518. The van der Waals surface area contributed by atoms with E-state index in [9.17, 15) is 4.79 Å². The SMILES string of the molecule is COc1ccc(OC)c(/C=C/C(=O)OCc2c(Cl)cccc2Cl)c1. The number of esters is 1. The van der Waals surface area contributed by atoms with Crippen molar-refractivity contribution in [1.29, 1.82) is 0 Å². The predicted molar refractivity (Wildman–Crippen MR) is 94.8 cm³/mol. The third-order valence-corrected chi connectivity index (χ3v) is 3.96. The number of methoxy groups -OCH3 is 2. The van der Waals surface area contributed by atoms with Crippen molar-refractivity contribution in [2.45, 2.75) is 6.61 Å². The molecular weight excluding hydrogens is 351 g/mol. The molecule has 0 unspecified atom stereocenters. The van der Waals surface area contributed by atoms with E-state index >= 15 is 0 Å². The highest BCUT2D eigenvalue weighted by Gasteiger charge is 2.08. The molecule has 0 aliphatic heterocycles. The molecule has 24 heavy (non-hydrogen) atoms. The molecule has 0 aromatic heterocycles. The lowest BCUT2D eigenvalue weighted by molar-refractivity contribution is -0.138. The lowest BCUT2D eigenvalue weighted by Crippen LogP contribution is -2.02. The lowest BCUT2D eigenvalue weighted by Gasteiger charge is -2.08. The summed E-state index contributed by atoms with van der Waals surface area (Å²) < 4.78 is 15.6. The van der Waals surface area contributed by atoms with E-state index in [4.69, 9.17) is 37.4 Å². The summed E-state index contributed by atoms with van der Waals surface area (Å²) in [5.74, 6) is 0.761. The fourth-order valence-corrected chi connectivity index (χ4v) is 2.50. The zero-order valence-electron chi connectivity index (χ0n) is 13.2. The van der Waals surface area contributed by atoms with Crippen molar-refractivity contribution >= 4 is 35.2 Å². The summed E-state index contributed by atoms with van der Waals surface area (Å²) >= 11 is 12.1. The van der Waals surface area contributed by atoms with Gasteiger partial charge in [-0.25, -0.2) is 4.79 Å². The van der Waals surface area contributed by atoms with Crippen molar-refractivity contribution in [3.8, 4) is 11.5 Å². The molecule has 0 amide bonds. The molecule has 6 heteroatoms. The third kappa shape index (κ3) is 4.66. The molecule has 0 N–H and O–H groups in total. The van der Waals surface area contributed by atoms with Gasteiger partial charge >= 0.3 is 5.97 Å². The predicted octanol–water partition coefficient (Wildman–Crippen LogP) is 4.77.